The van der Waals surface area contributed by atoms with E-state index in [1.165, 1.54) is 0 Å². The molecule has 0 rings (SSSR count). The van der Waals surface area contributed by atoms with Crippen LogP contribution in [0.2, 0.25) is 0 Å². The van der Waals surface area contributed by atoms with Gasteiger partial charge in [0.25, 0.3) is 0 Å². The molecule has 0 aliphatic rings. The van der Waals surface area contributed by atoms with Crippen LogP contribution in [0.1, 0.15) is 0 Å². The topological polar surface area (TPSA) is 86.7 Å². The van der Waals surface area contributed by atoms with Crippen LogP contribution in [0.3, 0.4) is 0 Å². The molecule has 0 amide bonds. The van der Waals surface area contributed by atoms with Gasteiger partial charge in [0.15, 0.2) is 0 Å². The fourth-order valence-electron chi connectivity index (χ4n) is 0. The van der Waals surface area contributed by atoms with E-state index in [4.69, 9.17) is 18.2 Å². The van der Waals surface area contributed by atoms with E-state index in [-0.39, 0.29) is 50.1 Å². The average Bonchev–Trinajstić information content (AvgIpc) is 1.35. The van der Waals surface area contributed by atoms with Crippen molar-refractivity contribution in [3.05, 3.63) is 0 Å². The zero-order valence-corrected chi connectivity index (χ0v) is 7.35. The van der Waals surface area contributed by atoms with Crippen LogP contribution in [0.15, 0.2) is 0 Å². The van der Waals surface area contributed by atoms with Crippen LogP contribution < -0.4 is 12.4 Å². The minimum Gasteiger partial charge on any atom is -1.00 e. The second-order valence-corrected chi connectivity index (χ2v) is 1.45. The second kappa shape index (κ2) is 6.50. The third-order valence-corrected chi connectivity index (χ3v) is 0.274. The zero-order chi connectivity index (χ0) is 5.21. The minimum absolute atomic E-state index is 0. The molecular weight excluding hydrogens is 188 g/mol. The van der Waals surface area contributed by atoms with Crippen LogP contribution in [0, 0.1) is 0 Å². The normalized spacial score (nSPS) is 8.75. The molecule has 0 aliphatic heterocycles. The molecule has 0 unspecified atom stereocenters. The van der Waals surface area contributed by atoms with E-state index < -0.39 is 10.4 Å². The Morgan fingerprint density at radius 1 is 1.50 bits per heavy atom. The van der Waals surface area contributed by atoms with Gasteiger partial charge in [0.2, 0.25) is 10.4 Å². The van der Waals surface area contributed by atoms with E-state index >= 15 is 0 Å². The molecule has 5 nitrogen and oxygen atoms in total. The molecule has 0 bridgehead atoms. The molecule has 0 atom stereocenters. The molecule has 1 N–H and O–H groups in total. The summed E-state index contributed by atoms with van der Waals surface area (Å²) >= 11 is 0. The van der Waals surface area contributed by atoms with Crippen LogP contribution in [0.5, 0.6) is 0 Å². The van der Waals surface area contributed by atoms with Gasteiger partial charge in [-0.25, -0.2) is 13.7 Å². The number of hydrogen-bond donors (Lipinski definition) is 1. The third kappa shape index (κ3) is 15.7. The Labute approximate surface area is 82.3 Å². The molecule has 0 heterocycles. The first-order valence-electron chi connectivity index (χ1n) is 0.849. The van der Waals surface area contributed by atoms with Crippen molar-refractivity contribution in [3.63, 3.8) is 0 Å². The largest absolute Gasteiger partial charge is 2.00 e. The van der Waals surface area contributed by atoms with Crippen molar-refractivity contribution in [1.82, 2.24) is 0 Å². The quantitative estimate of drug-likeness (QED) is 0.148. The Morgan fingerprint density at radius 3 is 1.62 bits per heavy atom. The second-order valence-electron chi connectivity index (χ2n) is 0.483. The van der Waals surface area contributed by atoms with Crippen molar-refractivity contribution in [2.45, 2.75) is 0 Å². The summed E-state index contributed by atoms with van der Waals surface area (Å²) in [5, 5.41) is 7.00. The Kier molecular flexibility index (Phi) is 13.1. The Bertz CT molecular complexity index is 114. The smallest absolute Gasteiger partial charge is 1.00 e. The van der Waals surface area contributed by atoms with Gasteiger partial charge in [-0.1, -0.05) is 0 Å². The average molecular weight is 189 g/mol. The molecule has 46 valence electrons. The maximum Gasteiger partial charge on any atom is 2.00 e. The predicted octanol–water partition coefficient (Wildman–Crippen LogP) is -4.44. The van der Waals surface area contributed by atoms with Gasteiger partial charge in [0.05, 0.1) is 0 Å². The fourth-order valence-corrected chi connectivity index (χ4v) is 0. The van der Waals surface area contributed by atoms with Crippen LogP contribution in [0.4, 0.5) is 0 Å². The molecule has 0 spiro atoms. The standard InChI is InChI=1S/Ca.ClH.H2O5S/c;;1-5-6(2,3)4/h;1H;1H,(H,2,3,4)/q+2;;/p-2. The van der Waals surface area contributed by atoms with Crippen LogP contribution in [-0.2, 0) is 14.7 Å². The van der Waals surface area contributed by atoms with Crippen LogP contribution in [0.25, 0.3) is 0 Å². The molecule has 0 saturated heterocycles. The predicted molar refractivity (Wildman–Crippen MR) is 19.2 cm³/mol. The van der Waals surface area contributed by atoms with E-state index in [1.54, 1.807) is 0 Å². The molecule has 0 aromatic carbocycles. The third-order valence-electron chi connectivity index (χ3n) is 0.0913. The maximum absolute atomic E-state index is 8.97. The van der Waals surface area contributed by atoms with Gasteiger partial charge >= 0.3 is 37.7 Å². The first kappa shape index (κ1) is 16.2. The summed E-state index contributed by atoms with van der Waals surface area (Å²) in [5.74, 6) is 0. The molecule has 0 aromatic heterocycles. The first-order valence-corrected chi connectivity index (χ1v) is 2.18. The molecule has 0 aliphatic carbocycles. The molecule has 0 saturated carbocycles. The van der Waals surface area contributed by atoms with Gasteiger partial charge in [0, 0.05) is 0 Å². The van der Waals surface area contributed by atoms with E-state index in [2.05, 4.69) is 4.33 Å². The minimum atomic E-state index is -4.86. The van der Waals surface area contributed by atoms with Crippen molar-refractivity contribution in [2.75, 3.05) is 0 Å². The van der Waals surface area contributed by atoms with Crippen LogP contribution in [-0.4, -0.2) is 56.0 Å². The summed E-state index contributed by atoms with van der Waals surface area (Å²) in [5.41, 5.74) is 0. The van der Waals surface area contributed by atoms with Gasteiger partial charge in [0.1, 0.15) is 0 Å². The molecule has 0 fully saturated rings. The molecule has 8 heteroatoms. The van der Waals surface area contributed by atoms with Gasteiger partial charge < -0.3 is 17.0 Å². The fraction of sp³-hybridized carbons (Fsp3) is 0. The Morgan fingerprint density at radius 2 is 1.62 bits per heavy atom. The van der Waals surface area contributed by atoms with Gasteiger partial charge in [-0.2, -0.15) is 0 Å². The molecule has 0 radical (unpaired) electrons. The van der Waals surface area contributed by atoms with Gasteiger partial charge in [-0.15, -0.1) is 4.33 Å². The maximum atomic E-state index is 8.97. The summed E-state index contributed by atoms with van der Waals surface area (Å²) in [7, 11) is -4.86. The number of hydrogen-bond acceptors (Lipinski definition) is 5. The monoisotopic (exact) mass is 188 g/mol. The van der Waals surface area contributed by atoms with Crippen LogP contribution >= 0.6 is 0 Å². The molecule has 0 aromatic rings. The van der Waals surface area contributed by atoms with Gasteiger partial charge in [-0.05, 0) is 0 Å². The molecule has 8 heavy (non-hydrogen) atoms. The van der Waals surface area contributed by atoms with Gasteiger partial charge in [-0.3, -0.25) is 0 Å². The summed E-state index contributed by atoms with van der Waals surface area (Å²) in [6, 6.07) is 0. The summed E-state index contributed by atoms with van der Waals surface area (Å²) in [6.07, 6.45) is 0. The number of halogens is 1. The van der Waals surface area contributed by atoms with Crippen molar-refractivity contribution in [1.29, 1.82) is 0 Å². The molecular formula is HCaClO5S. The summed E-state index contributed by atoms with van der Waals surface area (Å²) < 4.78 is 29.3. The van der Waals surface area contributed by atoms with E-state index in [0.29, 0.717) is 0 Å². The zero-order valence-electron chi connectivity index (χ0n) is 3.57. The van der Waals surface area contributed by atoms with Crippen molar-refractivity contribution in [2.24, 2.45) is 0 Å². The summed E-state index contributed by atoms with van der Waals surface area (Å²) in [4.78, 5) is 0. The van der Waals surface area contributed by atoms with Crippen molar-refractivity contribution >= 4 is 48.1 Å². The Hall–Kier alpha value is 1.38. The first-order chi connectivity index (χ1) is 2.56. The summed E-state index contributed by atoms with van der Waals surface area (Å²) in [6.45, 7) is 0. The van der Waals surface area contributed by atoms with E-state index in [1.807, 2.05) is 0 Å². The SMILES string of the molecule is O=S(=O)([O-])OO.[Ca+2].[Cl-]. The Balaban J connectivity index is -0.000000125. The number of rotatable bonds is 1. The van der Waals surface area contributed by atoms with E-state index in [0.717, 1.165) is 0 Å². The van der Waals surface area contributed by atoms with Crippen molar-refractivity contribution < 1.29 is 35.0 Å². The van der Waals surface area contributed by atoms with Crippen molar-refractivity contribution in [3.8, 4) is 0 Å². The van der Waals surface area contributed by atoms with E-state index in [9.17, 15) is 0 Å².